The van der Waals surface area contributed by atoms with E-state index in [-0.39, 0.29) is 0 Å². The van der Waals surface area contributed by atoms with Gasteiger partial charge in [0.05, 0.1) is 5.52 Å². The van der Waals surface area contributed by atoms with Crippen LogP contribution in [-0.4, -0.2) is 25.6 Å². The van der Waals surface area contributed by atoms with E-state index in [2.05, 4.69) is 39.8 Å². The molecular formula is C18H23N5. The Morgan fingerprint density at radius 3 is 2.65 bits per heavy atom. The van der Waals surface area contributed by atoms with Crippen LogP contribution in [0.4, 0.5) is 5.95 Å². The summed E-state index contributed by atoms with van der Waals surface area (Å²) in [6.45, 7) is 4.26. The molecule has 1 aliphatic carbocycles. The van der Waals surface area contributed by atoms with Crippen LogP contribution in [0.25, 0.3) is 16.6 Å². The Morgan fingerprint density at radius 1 is 1.09 bits per heavy atom. The molecule has 1 aliphatic rings. The van der Waals surface area contributed by atoms with Crippen LogP contribution in [0, 0.1) is 0 Å². The Morgan fingerprint density at radius 2 is 1.87 bits per heavy atom. The van der Waals surface area contributed by atoms with Gasteiger partial charge in [0, 0.05) is 17.3 Å². The number of aromatic nitrogens is 4. The Bertz CT molecular complexity index is 830. The molecule has 0 aliphatic heterocycles. The molecule has 2 heterocycles. The zero-order chi connectivity index (χ0) is 15.8. The lowest BCUT2D eigenvalue weighted by Gasteiger charge is -2.21. The number of hydrogen-bond donors (Lipinski definition) is 1. The van der Waals surface area contributed by atoms with Crippen molar-refractivity contribution in [3.05, 3.63) is 30.1 Å². The quantitative estimate of drug-likeness (QED) is 0.790. The molecule has 5 heteroatoms. The van der Waals surface area contributed by atoms with Gasteiger partial charge in [-0.25, -0.2) is 9.38 Å². The molecule has 5 nitrogen and oxygen atoms in total. The molecule has 0 radical (unpaired) electrons. The fourth-order valence-corrected chi connectivity index (χ4v) is 3.58. The zero-order valence-electron chi connectivity index (χ0n) is 13.8. The van der Waals surface area contributed by atoms with Crippen molar-refractivity contribution >= 4 is 22.5 Å². The van der Waals surface area contributed by atoms with Crippen molar-refractivity contribution < 1.29 is 0 Å². The van der Waals surface area contributed by atoms with Crippen molar-refractivity contribution in [2.45, 2.75) is 57.9 Å². The van der Waals surface area contributed by atoms with Crippen LogP contribution in [-0.2, 0) is 0 Å². The van der Waals surface area contributed by atoms with E-state index in [1.165, 1.54) is 32.1 Å². The molecule has 0 amide bonds. The number of para-hydroxylation sites is 1. The number of hydrogen-bond acceptors (Lipinski definition) is 4. The smallest absolute Gasteiger partial charge is 0.210 e. The van der Waals surface area contributed by atoms with Gasteiger partial charge in [0.2, 0.25) is 5.95 Å². The van der Waals surface area contributed by atoms with E-state index in [9.17, 15) is 0 Å². The summed E-state index contributed by atoms with van der Waals surface area (Å²) in [6, 6.07) is 8.48. The number of anilines is 1. The lowest BCUT2D eigenvalue weighted by molar-refractivity contribution is 0.426. The molecule has 4 rings (SSSR count). The fourth-order valence-electron chi connectivity index (χ4n) is 3.58. The van der Waals surface area contributed by atoms with Crippen LogP contribution >= 0.6 is 0 Å². The molecule has 1 fully saturated rings. The number of fused-ring (bicyclic) bond motifs is 3. The van der Waals surface area contributed by atoms with Crippen LogP contribution in [0.5, 0.6) is 0 Å². The molecule has 3 aromatic rings. The van der Waals surface area contributed by atoms with Crippen molar-refractivity contribution in [1.82, 2.24) is 19.6 Å². The van der Waals surface area contributed by atoms with E-state index in [4.69, 9.17) is 4.98 Å². The van der Waals surface area contributed by atoms with E-state index in [0.29, 0.717) is 12.0 Å². The predicted molar refractivity (Wildman–Crippen MR) is 92.9 cm³/mol. The van der Waals surface area contributed by atoms with Crippen molar-refractivity contribution in [3.8, 4) is 0 Å². The summed E-state index contributed by atoms with van der Waals surface area (Å²) in [5, 5.41) is 13.6. The van der Waals surface area contributed by atoms with Crippen molar-refractivity contribution in [3.63, 3.8) is 0 Å². The normalized spacial score (nSPS) is 16.5. The second kappa shape index (κ2) is 5.80. The van der Waals surface area contributed by atoms with Gasteiger partial charge in [0.15, 0.2) is 5.65 Å². The molecule has 0 saturated heterocycles. The van der Waals surface area contributed by atoms with Crippen LogP contribution in [0.1, 0.15) is 57.7 Å². The lowest BCUT2D eigenvalue weighted by Crippen LogP contribution is -2.17. The molecule has 0 unspecified atom stereocenters. The van der Waals surface area contributed by atoms with Gasteiger partial charge in [-0.3, -0.25) is 0 Å². The van der Waals surface area contributed by atoms with Crippen LogP contribution in [0.3, 0.4) is 0 Å². The standard InChI is InChI=1S/C18H23N5/c1-12(2)19-18-20-15-11-7-6-10-14(15)17-22-21-16(23(17)18)13-8-4-3-5-9-13/h6-7,10-13H,3-5,8-9H2,1-2H3,(H,19,20). The molecule has 0 bridgehead atoms. The third-order valence-corrected chi connectivity index (χ3v) is 4.66. The highest BCUT2D eigenvalue weighted by molar-refractivity contribution is 5.92. The van der Waals surface area contributed by atoms with E-state index in [0.717, 1.165) is 28.3 Å². The molecule has 1 N–H and O–H groups in total. The van der Waals surface area contributed by atoms with Gasteiger partial charge >= 0.3 is 0 Å². The SMILES string of the molecule is CC(C)Nc1nc2ccccc2c2nnc(C3CCCCC3)n12. The number of rotatable bonds is 3. The summed E-state index contributed by atoms with van der Waals surface area (Å²) in [6.07, 6.45) is 6.32. The number of benzene rings is 1. The molecule has 1 saturated carbocycles. The maximum absolute atomic E-state index is 4.84. The first-order valence-electron chi connectivity index (χ1n) is 8.64. The van der Waals surface area contributed by atoms with Crippen LogP contribution in [0.15, 0.2) is 24.3 Å². The minimum atomic E-state index is 0.313. The second-order valence-electron chi connectivity index (χ2n) is 6.80. The largest absolute Gasteiger partial charge is 0.353 e. The van der Waals surface area contributed by atoms with Crippen LogP contribution < -0.4 is 5.32 Å². The average Bonchev–Trinajstić information content (AvgIpc) is 3.01. The highest BCUT2D eigenvalue weighted by Gasteiger charge is 2.23. The number of nitrogens with one attached hydrogen (secondary N) is 1. The molecular weight excluding hydrogens is 286 g/mol. The summed E-state index contributed by atoms with van der Waals surface area (Å²) < 4.78 is 2.15. The predicted octanol–water partition coefficient (Wildman–Crippen LogP) is 4.15. The zero-order valence-corrected chi connectivity index (χ0v) is 13.8. The maximum Gasteiger partial charge on any atom is 0.210 e. The molecule has 0 atom stereocenters. The number of nitrogens with zero attached hydrogens (tertiary/aromatic N) is 4. The third-order valence-electron chi connectivity index (χ3n) is 4.66. The summed E-state index contributed by atoms with van der Waals surface area (Å²) in [5.74, 6) is 2.43. The van der Waals surface area contributed by atoms with Crippen LogP contribution in [0.2, 0.25) is 0 Å². The molecule has 23 heavy (non-hydrogen) atoms. The second-order valence-corrected chi connectivity index (χ2v) is 6.80. The van der Waals surface area contributed by atoms with E-state index < -0.39 is 0 Å². The van der Waals surface area contributed by atoms with Crippen molar-refractivity contribution in [1.29, 1.82) is 0 Å². The minimum Gasteiger partial charge on any atom is -0.353 e. The minimum absolute atomic E-state index is 0.313. The summed E-state index contributed by atoms with van der Waals surface area (Å²) in [5.41, 5.74) is 1.88. The average molecular weight is 309 g/mol. The van der Waals surface area contributed by atoms with Gasteiger partial charge in [0.25, 0.3) is 0 Å². The molecule has 1 aromatic carbocycles. The van der Waals surface area contributed by atoms with Gasteiger partial charge in [-0.2, -0.15) is 0 Å². The van der Waals surface area contributed by atoms with E-state index >= 15 is 0 Å². The molecule has 120 valence electrons. The summed E-state index contributed by atoms with van der Waals surface area (Å²) in [7, 11) is 0. The topological polar surface area (TPSA) is 55.1 Å². The van der Waals surface area contributed by atoms with Gasteiger partial charge in [-0.05, 0) is 38.8 Å². The lowest BCUT2D eigenvalue weighted by atomic mass is 9.89. The van der Waals surface area contributed by atoms with Crippen molar-refractivity contribution in [2.24, 2.45) is 0 Å². The summed E-state index contributed by atoms with van der Waals surface area (Å²) in [4.78, 5) is 4.84. The Kier molecular flexibility index (Phi) is 3.63. The van der Waals surface area contributed by atoms with Gasteiger partial charge in [-0.1, -0.05) is 31.4 Å². The van der Waals surface area contributed by atoms with Gasteiger partial charge in [-0.15, -0.1) is 10.2 Å². The fraction of sp³-hybridized carbons (Fsp3) is 0.500. The van der Waals surface area contributed by atoms with E-state index in [1.54, 1.807) is 0 Å². The Labute approximate surface area is 136 Å². The van der Waals surface area contributed by atoms with Gasteiger partial charge in [0.1, 0.15) is 5.82 Å². The molecule has 0 spiro atoms. The highest BCUT2D eigenvalue weighted by Crippen LogP contribution is 2.33. The first-order chi connectivity index (χ1) is 11.2. The third kappa shape index (κ3) is 2.54. The van der Waals surface area contributed by atoms with Crippen molar-refractivity contribution in [2.75, 3.05) is 5.32 Å². The summed E-state index contributed by atoms with van der Waals surface area (Å²) >= 11 is 0. The highest BCUT2D eigenvalue weighted by atomic mass is 15.3. The first-order valence-corrected chi connectivity index (χ1v) is 8.64. The Hall–Kier alpha value is -2.17. The monoisotopic (exact) mass is 309 g/mol. The molecule has 2 aromatic heterocycles. The van der Waals surface area contributed by atoms with E-state index in [1.807, 2.05) is 18.2 Å². The maximum atomic E-state index is 4.84. The van der Waals surface area contributed by atoms with Gasteiger partial charge < -0.3 is 5.32 Å². The Balaban J connectivity index is 1.95. The first kappa shape index (κ1) is 14.4.